The van der Waals surface area contributed by atoms with E-state index < -0.39 is 17.8 Å². The molecule has 112 valence electrons. The number of hydrogen-bond acceptors (Lipinski definition) is 5. The highest BCUT2D eigenvalue weighted by atomic mass is 16.6. The molecular formula is C15H22O5. The predicted molar refractivity (Wildman–Crippen MR) is 70.5 cm³/mol. The highest BCUT2D eigenvalue weighted by molar-refractivity contribution is 5.90. The summed E-state index contributed by atoms with van der Waals surface area (Å²) in [6.07, 6.45) is -0.469. The molecule has 7 atom stereocenters. The van der Waals surface area contributed by atoms with Crippen LogP contribution < -0.4 is 0 Å². The molecule has 0 bridgehead atoms. The average Bonchev–Trinajstić information content (AvgIpc) is 2.56. The van der Waals surface area contributed by atoms with Crippen molar-refractivity contribution in [1.82, 2.24) is 0 Å². The molecule has 0 aromatic carbocycles. The van der Waals surface area contributed by atoms with Crippen molar-refractivity contribution in [3.05, 3.63) is 12.2 Å². The lowest BCUT2D eigenvalue weighted by atomic mass is 9.64. The summed E-state index contributed by atoms with van der Waals surface area (Å²) in [5.41, 5.74) is -0.107. The van der Waals surface area contributed by atoms with Gasteiger partial charge in [-0.05, 0) is 24.7 Å². The monoisotopic (exact) mass is 282 g/mol. The van der Waals surface area contributed by atoms with Crippen molar-refractivity contribution in [2.45, 2.75) is 45.2 Å². The minimum absolute atomic E-state index is 0.0663. The van der Waals surface area contributed by atoms with Crippen molar-refractivity contribution in [3.8, 4) is 0 Å². The van der Waals surface area contributed by atoms with E-state index in [1.807, 2.05) is 13.8 Å². The molecule has 7 unspecified atom stereocenters. The van der Waals surface area contributed by atoms with Crippen molar-refractivity contribution < 1.29 is 24.5 Å². The summed E-state index contributed by atoms with van der Waals surface area (Å²) in [4.78, 5) is 11.7. The van der Waals surface area contributed by atoms with E-state index in [2.05, 4.69) is 6.58 Å². The maximum absolute atomic E-state index is 11.7. The molecule has 0 spiro atoms. The normalized spacial score (nSPS) is 52.0. The Morgan fingerprint density at radius 2 is 2.10 bits per heavy atom. The third kappa shape index (κ3) is 1.84. The minimum Gasteiger partial charge on any atom is -0.458 e. The number of carbonyl (C=O) groups excluding carboxylic acids is 1. The van der Waals surface area contributed by atoms with Crippen LogP contribution in [0.15, 0.2) is 12.2 Å². The third-order valence-electron chi connectivity index (χ3n) is 5.46. The maximum atomic E-state index is 11.7. The first-order chi connectivity index (χ1) is 9.34. The average molecular weight is 282 g/mol. The fraction of sp³-hybridized carbons (Fsp3) is 0.800. The number of aliphatic hydroxyl groups is 2. The lowest BCUT2D eigenvalue weighted by Gasteiger charge is -2.49. The van der Waals surface area contributed by atoms with Crippen LogP contribution in [0.4, 0.5) is 0 Å². The van der Waals surface area contributed by atoms with Gasteiger partial charge in [-0.15, -0.1) is 0 Å². The Balaban J connectivity index is 1.99. The van der Waals surface area contributed by atoms with Crippen LogP contribution in [0.25, 0.3) is 0 Å². The van der Waals surface area contributed by atoms with Gasteiger partial charge in [-0.2, -0.15) is 0 Å². The number of rotatable bonds is 0. The van der Waals surface area contributed by atoms with Crippen molar-refractivity contribution in [1.29, 1.82) is 0 Å². The van der Waals surface area contributed by atoms with E-state index >= 15 is 0 Å². The summed E-state index contributed by atoms with van der Waals surface area (Å²) in [5.74, 6) is -0.352. The first-order valence-electron chi connectivity index (χ1n) is 7.22. The first-order valence-corrected chi connectivity index (χ1v) is 7.22. The standard InChI is InChI=1S/C15H22O5/c1-7-4-11-9(8(2)13(17)20-11)5-15(3)12(7)10(16)6-19-14(15)18/h7,9-12,14,16,18H,2,4-6H2,1,3H3. The topological polar surface area (TPSA) is 76.0 Å². The number of esters is 1. The quantitative estimate of drug-likeness (QED) is 0.509. The van der Waals surface area contributed by atoms with Crippen LogP contribution in [-0.4, -0.2) is 41.3 Å². The number of fused-ring (bicyclic) bond motifs is 2. The fourth-order valence-corrected chi connectivity index (χ4v) is 4.48. The summed E-state index contributed by atoms with van der Waals surface area (Å²) >= 11 is 0. The maximum Gasteiger partial charge on any atom is 0.334 e. The first kappa shape index (κ1) is 14.0. The van der Waals surface area contributed by atoms with Crippen molar-refractivity contribution in [2.24, 2.45) is 23.2 Å². The second-order valence-corrected chi connectivity index (χ2v) is 6.78. The Hall–Kier alpha value is -0.910. The van der Waals surface area contributed by atoms with Crippen LogP contribution in [0.3, 0.4) is 0 Å². The zero-order valence-corrected chi connectivity index (χ0v) is 11.9. The fourth-order valence-electron chi connectivity index (χ4n) is 4.48. The van der Waals surface area contributed by atoms with Crippen molar-refractivity contribution in [3.63, 3.8) is 0 Å². The molecule has 0 amide bonds. The van der Waals surface area contributed by atoms with Gasteiger partial charge < -0.3 is 19.7 Å². The Labute approximate surface area is 118 Å². The van der Waals surface area contributed by atoms with Gasteiger partial charge >= 0.3 is 5.97 Å². The van der Waals surface area contributed by atoms with Gasteiger partial charge in [-0.1, -0.05) is 20.4 Å². The van der Waals surface area contributed by atoms with Gasteiger partial charge in [0.05, 0.1) is 12.7 Å². The van der Waals surface area contributed by atoms with Crippen LogP contribution in [0.2, 0.25) is 0 Å². The lowest BCUT2D eigenvalue weighted by Crippen LogP contribution is -2.54. The van der Waals surface area contributed by atoms with Gasteiger partial charge in [0.25, 0.3) is 0 Å². The molecule has 3 fully saturated rings. The second kappa shape index (κ2) is 4.55. The Bertz CT molecular complexity index is 448. The Morgan fingerprint density at radius 1 is 1.40 bits per heavy atom. The molecular weight excluding hydrogens is 260 g/mol. The van der Waals surface area contributed by atoms with Crippen LogP contribution >= 0.6 is 0 Å². The van der Waals surface area contributed by atoms with E-state index in [9.17, 15) is 15.0 Å². The van der Waals surface area contributed by atoms with E-state index in [1.54, 1.807) is 0 Å². The number of hydrogen-bond donors (Lipinski definition) is 2. The highest BCUT2D eigenvalue weighted by Gasteiger charge is 2.57. The zero-order chi connectivity index (χ0) is 14.7. The smallest absolute Gasteiger partial charge is 0.334 e. The molecule has 1 aliphatic carbocycles. The molecule has 2 heterocycles. The molecule has 3 rings (SSSR count). The van der Waals surface area contributed by atoms with Crippen molar-refractivity contribution in [2.75, 3.05) is 6.61 Å². The minimum atomic E-state index is -0.930. The molecule has 20 heavy (non-hydrogen) atoms. The molecule has 2 saturated heterocycles. The summed E-state index contributed by atoms with van der Waals surface area (Å²) in [5, 5.41) is 20.6. The summed E-state index contributed by atoms with van der Waals surface area (Å²) < 4.78 is 10.7. The molecule has 1 saturated carbocycles. The van der Waals surface area contributed by atoms with Gasteiger partial charge in [-0.3, -0.25) is 0 Å². The Kier molecular flexibility index (Phi) is 3.19. The predicted octanol–water partition coefficient (Wildman–Crippen LogP) is 0.846. The molecule has 2 N–H and O–H groups in total. The summed E-state index contributed by atoms with van der Waals surface area (Å²) in [6, 6.07) is 0. The molecule has 5 nitrogen and oxygen atoms in total. The van der Waals surface area contributed by atoms with Crippen LogP contribution in [0, 0.1) is 23.2 Å². The number of ether oxygens (including phenoxy) is 2. The lowest BCUT2D eigenvalue weighted by molar-refractivity contribution is -0.261. The van der Waals surface area contributed by atoms with Gasteiger partial charge in [-0.25, -0.2) is 4.79 Å². The van der Waals surface area contributed by atoms with E-state index in [4.69, 9.17) is 9.47 Å². The van der Waals surface area contributed by atoms with Gasteiger partial charge in [0.15, 0.2) is 6.29 Å². The SMILES string of the molecule is C=C1C(=O)OC2CC(C)C3C(O)COC(O)C3(C)CC12. The zero-order valence-electron chi connectivity index (χ0n) is 11.9. The number of aliphatic hydroxyl groups excluding tert-OH is 2. The third-order valence-corrected chi connectivity index (χ3v) is 5.46. The Morgan fingerprint density at radius 3 is 2.80 bits per heavy atom. The van der Waals surface area contributed by atoms with Crippen LogP contribution in [-0.2, 0) is 14.3 Å². The molecule has 2 aliphatic heterocycles. The van der Waals surface area contributed by atoms with Gasteiger partial charge in [0, 0.05) is 16.9 Å². The molecule has 0 aromatic heterocycles. The van der Waals surface area contributed by atoms with E-state index in [1.165, 1.54) is 0 Å². The van der Waals surface area contributed by atoms with Gasteiger partial charge in [0.2, 0.25) is 0 Å². The van der Waals surface area contributed by atoms with Crippen molar-refractivity contribution >= 4 is 5.97 Å². The van der Waals surface area contributed by atoms with Crippen LogP contribution in [0.5, 0.6) is 0 Å². The van der Waals surface area contributed by atoms with E-state index in [-0.39, 0.29) is 36.4 Å². The molecule has 0 aromatic rings. The molecule has 3 aliphatic rings. The largest absolute Gasteiger partial charge is 0.458 e. The number of carbonyl (C=O) groups is 1. The second-order valence-electron chi connectivity index (χ2n) is 6.78. The molecule has 5 heteroatoms. The summed E-state index contributed by atoms with van der Waals surface area (Å²) in [6.45, 7) is 7.97. The highest BCUT2D eigenvalue weighted by Crippen LogP contribution is 2.54. The van der Waals surface area contributed by atoms with Gasteiger partial charge in [0.1, 0.15) is 6.10 Å². The van der Waals surface area contributed by atoms with E-state index in [0.29, 0.717) is 18.4 Å². The van der Waals surface area contributed by atoms with E-state index in [0.717, 1.165) is 0 Å². The van der Waals surface area contributed by atoms with Crippen LogP contribution in [0.1, 0.15) is 26.7 Å². The summed E-state index contributed by atoms with van der Waals surface area (Å²) in [7, 11) is 0. The molecule has 0 radical (unpaired) electrons.